The van der Waals surface area contributed by atoms with Gasteiger partial charge in [-0.3, -0.25) is 4.79 Å². The fourth-order valence-electron chi connectivity index (χ4n) is 4.85. The SMILES string of the molecule is CC(C)(C#N)C1(Nc2ncccc2-c2ncnc3[nH]cnc23)C=CC=C(C(N)=O)C1c1ccc(F)cc1. The van der Waals surface area contributed by atoms with Crippen LogP contribution in [0.25, 0.3) is 22.4 Å². The third-order valence-corrected chi connectivity index (χ3v) is 6.81. The van der Waals surface area contributed by atoms with E-state index in [4.69, 9.17) is 5.73 Å². The molecule has 4 N–H and O–H groups in total. The fourth-order valence-corrected chi connectivity index (χ4v) is 4.85. The Morgan fingerprint density at radius 2 is 1.97 bits per heavy atom. The smallest absolute Gasteiger partial charge is 0.245 e. The molecule has 0 fully saturated rings. The Kier molecular flexibility index (Phi) is 5.76. The van der Waals surface area contributed by atoms with Crippen molar-refractivity contribution in [3.63, 3.8) is 0 Å². The predicted molar refractivity (Wildman–Crippen MR) is 136 cm³/mol. The molecule has 2 atom stereocenters. The number of nitriles is 1. The maximum atomic E-state index is 13.9. The first-order valence-corrected chi connectivity index (χ1v) is 11.5. The predicted octanol–water partition coefficient (Wildman–Crippen LogP) is 4.02. The van der Waals surface area contributed by atoms with E-state index < -0.39 is 28.6 Å². The Hall–Kier alpha value is -4.91. The number of imidazole rings is 1. The summed E-state index contributed by atoms with van der Waals surface area (Å²) in [6.45, 7) is 3.54. The summed E-state index contributed by atoms with van der Waals surface area (Å²) in [5.74, 6) is -1.39. The number of rotatable bonds is 6. The van der Waals surface area contributed by atoms with E-state index in [1.807, 2.05) is 12.1 Å². The molecule has 0 bridgehead atoms. The highest BCUT2D eigenvalue weighted by Crippen LogP contribution is 2.51. The minimum atomic E-state index is -1.22. The summed E-state index contributed by atoms with van der Waals surface area (Å²) in [4.78, 5) is 33.3. The standard InChI is InChI=1S/C27H23FN8O/c1-26(2,13-29)27(11-3-5-18(23(30)37)20(27)16-7-9-17(28)10-8-16)36-24-19(6-4-12-31-24)21-22-25(34-14-32-21)35-15-33-22/h3-12,14-15,20H,1-2H3,(H2,30,37)(H,31,36)(H,32,33,34,35). The van der Waals surface area contributed by atoms with E-state index in [1.54, 1.807) is 50.4 Å². The Bertz CT molecular complexity index is 1600. The topological polar surface area (TPSA) is 146 Å². The zero-order chi connectivity index (χ0) is 26.2. The number of nitrogens with one attached hydrogen (secondary N) is 2. The van der Waals surface area contributed by atoms with Crippen molar-refractivity contribution >= 4 is 22.9 Å². The molecule has 0 spiro atoms. The molecule has 3 heterocycles. The minimum Gasteiger partial charge on any atom is -0.366 e. The number of anilines is 1. The maximum Gasteiger partial charge on any atom is 0.245 e. The van der Waals surface area contributed by atoms with Gasteiger partial charge in [-0.1, -0.05) is 30.4 Å². The van der Waals surface area contributed by atoms with Crippen molar-refractivity contribution in [3.8, 4) is 17.3 Å². The van der Waals surface area contributed by atoms with Crippen molar-refractivity contribution in [1.29, 1.82) is 5.26 Å². The van der Waals surface area contributed by atoms with Crippen molar-refractivity contribution < 1.29 is 9.18 Å². The van der Waals surface area contributed by atoms with Gasteiger partial charge in [0.05, 0.1) is 23.4 Å². The summed E-state index contributed by atoms with van der Waals surface area (Å²) in [5, 5.41) is 13.8. The molecule has 2 unspecified atom stereocenters. The summed E-state index contributed by atoms with van der Waals surface area (Å²) in [5.41, 5.74) is 6.66. The number of pyridine rings is 1. The van der Waals surface area contributed by atoms with Crippen LogP contribution in [0.4, 0.5) is 10.2 Å². The first-order valence-electron chi connectivity index (χ1n) is 11.5. The number of aromatic nitrogens is 5. The van der Waals surface area contributed by atoms with Gasteiger partial charge in [-0.25, -0.2) is 24.3 Å². The molecular weight excluding hydrogens is 471 g/mol. The van der Waals surface area contributed by atoms with Crippen LogP contribution in [0.5, 0.6) is 0 Å². The number of carbonyl (C=O) groups excluding carboxylic acids is 1. The van der Waals surface area contributed by atoms with E-state index in [0.717, 1.165) is 0 Å². The number of carbonyl (C=O) groups is 1. The lowest BCUT2D eigenvalue weighted by molar-refractivity contribution is -0.115. The monoisotopic (exact) mass is 494 g/mol. The summed E-state index contributed by atoms with van der Waals surface area (Å²) in [6.07, 6.45) is 9.74. The molecule has 1 aromatic carbocycles. The van der Waals surface area contributed by atoms with E-state index in [1.165, 1.54) is 24.8 Å². The van der Waals surface area contributed by atoms with Crippen LogP contribution >= 0.6 is 0 Å². The molecule has 9 nitrogen and oxygen atoms in total. The Balaban J connectivity index is 1.74. The van der Waals surface area contributed by atoms with E-state index in [2.05, 4.69) is 36.3 Å². The number of aromatic amines is 1. The molecule has 1 aliphatic rings. The third kappa shape index (κ3) is 3.90. The average Bonchev–Trinajstić information content (AvgIpc) is 3.39. The van der Waals surface area contributed by atoms with E-state index in [0.29, 0.717) is 33.8 Å². The van der Waals surface area contributed by atoms with Gasteiger partial charge in [0.2, 0.25) is 5.91 Å². The van der Waals surface area contributed by atoms with Gasteiger partial charge in [0.15, 0.2) is 5.65 Å². The lowest BCUT2D eigenvalue weighted by atomic mass is 9.59. The summed E-state index contributed by atoms with van der Waals surface area (Å²) >= 11 is 0. The van der Waals surface area contributed by atoms with E-state index >= 15 is 0 Å². The highest BCUT2D eigenvalue weighted by molar-refractivity contribution is 5.95. The van der Waals surface area contributed by atoms with E-state index in [9.17, 15) is 14.4 Å². The molecular formula is C27H23FN8O. The van der Waals surface area contributed by atoms with Gasteiger partial charge in [-0.2, -0.15) is 5.26 Å². The van der Waals surface area contributed by atoms with Crippen LogP contribution in [0, 0.1) is 22.6 Å². The van der Waals surface area contributed by atoms with Crippen LogP contribution < -0.4 is 11.1 Å². The second-order valence-corrected chi connectivity index (χ2v) is 9.28. The van der Waals surface area contributed by atoms with Gasteiger partial charge in [0.1, 0.15) is 29.2 Å². The average molecular weight is 495 g/mol. The molecule has 0 aliphatic heterocycles. The van der Waals surface area contributed by atoms with Crippen LogP contribution in [-0.2, 0) is 4.79 Å². The normalized spacial score (nSPS) is 19.3. The third-order valence-electron chi connectivity index (χ3n) is 6.81. The van der Waals surface area contributed by atoms with Gasteiger partial charge in [-0.15, -0.1) is 0 Å². The molecule has 0 radical (unpaired) electrons. The van der Waals surface area contributed by atoms with Crippen molar-refractivity contribution in [3.05, 3.63) is 90.4 Å². The van der Waals surface area contributed by atoms with Crippen molar-refractivity contribution in [2.45, 2.75) is 25.3 Å². The Labute approximate surface area is 212 Å². The quantitative estimate of drug-likeness (QED) is 0.367. The summed E-state index contributed by atoms with van der Waals surface area (Å²) in [7, 11) is 0. The van der Waals surface area contributed by atoms with Crippen LogP contribution in [-0.4, -0.2) is 36.4 Å². The first-order chi connectivity index (χ1) is 17.8. The Morgan fingerprint density at radius 3 is 2.70 bits per heavy atom. The first kappa shape index (κ1) is 23.8. The molecule has 0 saturated carbocycles. The van der Waals surface area contributed by atoms with Crippen LogP contribution in [0.2, 0.25) is 0 Å². The molecule has 37 heavy (non-hydrogen) atoms. The lowest BCUT2D eigenvalue weighted by Gasteiger charge is -2.49. The maximum absolute atomic E-state index is 13.9. The van der Waals surface area contributed by atoms with Gasteiger partial charge in [0.25, 0.3) is 0 Å². The molecule has 3 aromatic heterocycles. The van der Waals surface area contributed by atoms with E-state index in [-0.39, 0.29) is 5.57 Å². The highest BCUT2D eigenvalue weighted by atomic mass is 19.1. The van der Waals surface area contributed by atoms with Crippen molar-refractivity contribution in [2.75, 3.05) is 5.32 Å². The largest absolute Gasteiger partial charge is 0.366 e. The molecule has 1 aliphatic carbocycles. The number of amides is 1. The summed E-state index contributed by atoms with van der Waals surface area (Å²) in [6, 6.07) is 11.8. The minimum absolute atomic E-state index is 0.277. The molecule has 10 heteroatoms. The number of nitrogens with zero attached hydrogens (tertiary/aromatic N) is 5. The number of primary amides is 1. The van der Waals surface area contributed by atoms with Crippen molar-refractivity contribution in [1.82, 2.24) is 24.9 Å². The highest BCUT2D eigenvalue weighted by Gasteiger charge is 2.53. The van der Waals surface area contributed by atoms with Crippen LogP contribution in [0.1, 0.15) is 25.3 Å². The Morgan fingerprint density at radius 1 is 1.19 bits per heavy atom. The lowest BCUT2D eigenvalue weighted by Crippen LogP contribution is -2.56. The van der Waals surface area contributed by atoms with Gasteiger partial charge >= 0.3 is 0 Å². The number of hydrogen-bond donors (Lipinski definition) is 3. The second kappa shape index (κ2) is 8.95. The number of allylic oxidation sites excluding steroid dienone is 2. The molecule has 5 rings (SSSR count). The van der Waals surface area contributed by atoms with Gasteiger partial charge in [-0.05, 0) is 43.7 Å². The number of H-pyrrole nitrogens is 1. The van der Waals surface area contributed by atoms with Gasteiger partial charge < -0.3 is 16.0 Å². The number of halogens is 1. The van der Waals surface area contributed by atoms with Crippen LogP contribution in [0.3, 0.4) is 0 Å². The second-order valence-electron chi connectivity index (χ2n) is 9.28. The molecule has 4 aromatic rings. The number of benzene rings is 1. The number of hydrogen-bond acceptors (Lipinski definition) is 7. The number of nitrogens with two attached hydrogens (primary N) is 1. The van der Waals surface area contributed by atoms with Crippen LogP contribution in [0.15, 0.2) is 79.1 Å². The summed E-state index contributed by atoms with van der Waals surface area (Å²) < 4.78 is 13.9. The molecule has 1 amide bonds. The zero-order valence-corrected chi connectivity index (χ0v) is 20.1. The zero-order valence-electron chi connectivity index (χ0n) is 20.1. The van der Waals surface area contributed by atoms with Gasteiger partial charge in [0, 0.05) is 23.3 Å². The number of fused-ring (bicyclic) bond motifs is 1. The fraction of sp³-hybridized carbons (Fsp3) is 0.185. The van der Waals surface area contributed by atoms with Crippen molar-refractivity contribution in [2.24, 2.45) is 11.1 Å². The molecule has 0 saturated heterocycles. The molecule has 184 valence electrons.